The first kappa shape index (κ1) is 22.0. The molecule has 7 nitrogen and oxygen atoms in total. The summed E-state index contributed by atoms with van der Waals surface area (Å²) in [6, 6.07) is 13.5. The molecule has 3 amide bonds. The Kier molecular flexibility index (Phi) is 8.29. The minimum absolute atomic E-state index is 0.0243. The molecule has 0 aliphatic heterocycles. The van der Waals surface area contributed by atoms with E-state index in [0.717, 1.165) is 18.4 Å². The lowest BCUT2D eigenvalue weighted by Crippen LogP contribution is -2.48. The third-order valence-electron chi connectivity index (χ3n) is 4.02. The van der Waals surface area contributed by atoms with Gasteiger partial charge in [0.1, 0.15) is 0 Å². The average molecular weight is 413 g/mol. The molecule has 29 heavy (non-hydrogen) atoms. The summed E-state index contributed by atoms with van der Waals surface area (Å²) in [6.45, 7) is 3.95. The van der Waals surface area contributed by atoms with Crippen LogP contribution in [-0.4, -0.2) is 22.8 Å². The molecule has 0 radical (unpaired) electrons. The van der Waals surface area contributed by atoms with Crippen molar-refractivity contribution in [2.24, 2.45) is 0 Å². The molecule has 152 valence electrons. The van der Waals surface area contributed by atoms with Gasteiger partial charge in [-0.25, -0.2) is 0 Å². The Morgan fingerprint density at radius 2 is 1.45 bits per heavy atom. The van der Waals surface area contributed by atoms with Crippen molar-refractivity contribution < 1.29 is 14.4 Å². The summed E-state index contributed by atoms with van der Waals surface area (Å²) in [5.74, 6) is -0.860. The van der Waals surface area contributed by atoms with Crippen molar-refractivity contribution in [1.29, 1.82) is 0 Å². The molecular formula is C21H24N4O3S. The van der Waals surface area contributed by atoms with E-state index >= 15 is 0 Å². The number of rotatable bonds is 6. The number of amides is 3. The molecule has 2 aromatic carbocycles. The summed E-state index contributed by atoms with van der Waals surface area (Å²) in [5.41, 5.74) is 7.41. The number of carbonyl (C=O) groups excluding carboxylic acids is 3. The van der Waals surface area contributed by atoms with Gasteiger partial charge in [0.05, 0.1) is 0 Å². The number of hydrogen-bond donors (Lipinski definition) is 4. The van der Waals surface area contributed by atoms with Crippen molar-refractivity contribution in [1.82, 2.24) is 16.2 Å². The minimum atomic E-state index is -0.430. The van der Waals surface area contributed by atoms with E-state index < -0.39 is 5.91 Å². The molecule has 0 aromatic heterocycles. The topological polar surface area (TPSA) is 99.3 Å². The van der Waals surface area contributed by atoms with E-state index in [4.69, 9.17) is 12.2 Å². The zero-order valence-corrected chi connectivity index (χ0v) is 17.2. The van der Waals surface area contributed by atoms with Crippen LogP contribution in [-0.2, 0) is 4.79 Å². The van der Waals surface area contributed by atoms with Gasteiger partial charge in [0.25, 0.3) is 11.8 Å². The Balaban J connectivity index is 1.80. The van der Waals surface area contributed by atoms with Crippen molar-refractivity contribution in [3.05, 3.63) is 65.2 Å². The van der Waals surface area contributed by atoms with Gasteiger partial charge in [-0.15, -0.1) is 0 Å². The van der Waals surface area contributed by atoms with Crippen molar-refractivity contribution in [3.63, 3.8) is 0 Å². The van der Waals surface area contributed by atoms with Gasteiger partial charge in [-0.2, -0.15) is 0 Å². The first-order chi connectivity index (χ1) is 13.9. The molecular weight excluding hydrogens is 388 g/mol. The average Bonchev–Trinajstić information content (AvgIpc) is 2.71. The molecule has 0 spiro atoms. The lowest BCUT2D eigenvalue weighted by Gasteiger charge is -2.11. The van der Waals surface area contributed by atoms with Crippen LogP contribution in [0.1, 0.15) is 52.5 Å². The molecule has 2 aromatic rings. The first-order valence-corrected chi connectivity index (χ1v) is 9.68. The number of benzene rings is 2. The number of carbonyl (C=O) groups is 3. The van der Waals surface area contributed by atoms with Crippen LogP contribution in [0.2, 0.25) is 0 Å². The Morgan fingerprint density at radius 3 is 2.07 bits per heavy atom. The quantitative estimate of drug-likeness (QED) is 0.432. The predicted molar refractivity (Wildman–Crippen MR) is 116 cm³/mol. The molecule has 0 atom stereocenters. The van der Waals surface area contributed by atoms with Crippen LogP contribution in [0.25, 0.3) is 0 Å². The van der Waals surface area contributed by atoms with Gasteiger partial charge in [-0.05, 0) is 62.0 Å². The molecule has 0 bridgehead atoms. The molecule has 4 N–H and O–H groups in total. The fraction of sp³-hybridized carbons (Fsp3) is 0.238. The molecule has 0 unspecified atom stereocenters. The van der Waals surface area contributed by atoms with Gasteiger partial charge in [0.2, 0.25) is 5.91 Å². The minimum Gasteiger partial charge on any atom is -0.326 e. The number of anilines is 1. The summed E-state index contributed by atoms with van der Waals surface area (Å²) in [6.07, 6.45) is 2.25. The molecule has 8 heteroatoms. The summed E-state index contributed by atoms with van der Waals surface area (Å²) in [7, 11) is 0. The fourth-order valence-corrected chi connectivity index (χ4v) is 2.51. The second kappa shape index (κ2) is 10.9. The second-order valence-corrected chi connectivity index (χ2v) is 6.87. The maximum Gasteiger partial charge on any atom is 0.269 e. The van der Waals surface area contributed by atoms with Crippen LogP contribution in [0.3, 0.4) is 0 Å². The SMILES string of the molecule is CCCCC(=O)Nc1ccc(C(=O)NNC(=S)NC(=O)c2ccc(C)cc2)cc1. The zero-order chi connectivity index (χ0) is 21.2. The molecule has 0 saturated heterocycles. The molecule has 0 saturated carbocycles. The summed E-state index contributed by atoms with van der Waals surface area (Å²) < 4.78 is 0. The normalized spacial score (nSPS) is 10.0. The Morgan fingerprint density at radius 1 is 0.862 bits per heavy atom. The van der Waals surface area contributed by atoms with Gasteiger partial charge in [-0.3, -0.25) is 30.6 Å². The Hall–Kier alpha value is -3.26. The van der Waals surface area contributed by atoms with E-state index in [2.05, 4.69) is 21.5 Å². The van der Waals surface area contributed by atoms with Gasteiger partial charge < -0.3 is 5.32 Å². The first-order valence-electron chi connectivity index (χ1n) is 9.27. The summed E-state index contributed by atoms with van der Waals surface area (Å²) in [5, 5.41) is 5.24. The monoisotopic (exact) mass is 412 g/mol. The van der Waals surface area contributed by atoms with Crippen molar-refractivity contribution in [2.75, 3.05) is 5.32 Å². The van der Waals surface area contributed by atoms with E-state index in [0.29, 0.717) is 23.2 Å². The van der Waals surface area contributed by atoms with Crippen molar-refractivity contribution in [2.45, 2.75) is 33.1 Å². The largest absolute Gasteiger partial charge is 0.326 e. The van der Waals surface area contributed by atoms with Gasteiger partial charge in [0, 0.05) is 23.2 Å². The van der Waals surface area contributed by atoms with Gasteiger partial charge in [0.15, 0.2) is 5.11 Å². The van der Waals surface area contributed by atoms with E-state index in [9.17, 15) is 14.4 Å². The van der Waals surface area contributed by atoms with Crippen LogP contribution in [0.4, 0.5) is 5.69 Å². The van der Waals surface area contributed by atoms with Crippen LogP contribution >= 0.6 is 12.2 Å². The number of nitrogens with one attached hydrogen (secondary N) is 4. The molecule has 0 aliphatic carbocycles. The van der Waals surface area contributed by atoms with E-state index in [1.807, 2.05) is 26.0 Å². The van der Waals surface area contributed by atoms with Gasteiger partial charge in [-0.1, -0.05) is 31.0 Å². The Bertz CT molecular complexity index is 880. The van der Waals surface area contributed by atoms with Crippen LogP contribution < -0.4 is 21.5 Å². The highest BCUT2D eigenvalue weighted by molar-refractivity contribution is 7.80. The maximum absolute atomic E-state index is 12.2. The zero-order valence-electron chi connectivity index (χ0n) is 16.4. The second-order valence-electron chi connectivity index (χ2n) is 6.46. The predicted octanol–water partition coefficient (Wildman–Crippen LogP) is 3.07. The third-order valence-corrected chi connectivity index (χ3v) is 4.22. The number of hydrazine groups is 1. The highest BCUT2D eigenvalue weighted by Crippen LogP contribution is 2.10. The number of hydrogen-bond acceptors (Lipinski definition) is 4. The molecule has 2 rings (SSSR count). The number of thiocarbonyl (C=S) groups is 1. The van der Waals surface area contributed by atoms with E-state index in [-0.39, 0.29) is 16.9 Å². The van der Waals surface area contributed by atoms with Crippen LogP contribution in [0.5, 0.6) is 0 Å². The van der Waals surface area contributed by atoms with Crippen molar-refractivity contribution in [3.8, 4) is 0 Å². The lowest BCUT2D eigenvalue weighted by atomic mass is 10.1. The molecule has 0 aliphatic rings. The summed E-state index contributed by atoms with van der Waals surface area (Å²) >= 11 is 5.02. The highest BCUT2D eigenvalue weighted by atomic mass is 32.1. The fourth-order valence-electron chi connectivity index (χ4n) is 2.36. The van der Waals surface area contributed by atoms with E-state index in [1.165, 1.54) is 0 Å². The van der Waals surface area contributed by atoms with Crippen molar-refractivity contribution >= 4 is 40.7 Å². The smallest absolute Gasteiger partial charge is 0.269 e. The number of aryl methyl sites for hydroxylation is 1. The van der Waals surface area contributed by atoms with Gasteiger partial charge >= 0.3 is 0 Å². The standard InChI is InChI=1S/C21H24N4O3S/c1-3-4-5-18(26)22-17-12-10-16(11-13-17)20(28)24-25-21(29)23-19(27)15-8-6-14(2)7-9-15/h6-13H,3-5H2,1-2H3,(H,22,26)(H,24,28)(H2,23,25,27,29). The van der Waals surface area contributed by atoms with Crippen LogP contribution in [0, 0.1) is 6.92 Å². The molecule has 0 fully saturated rings. The van der Waals surface area contributed by atoms with E-state index in [1.54, 1.807) is 36.4 Å². The highest BCUT2D eigenvalue weighted by Gasteiger charge is 2.10. The number of unbranched alkanes of at least 4 members (excludes halogenated alkanes) is 1. The van der Waals surface area contributed by atoms with Crippen LogP contribution in [0.15, 0.2) is 48.5 Å². The lowest BCUT2D eigenvalue weighted by molar-refractivity contribution is -0.116. The summed E-state index contributed by atoms with van der Waals surface area (Å²) in [4.78, 5) is 36.0. The molecule has 0 heterocycles. The Labute approximate surface area is 175 Å². The third kappa shape index (κ3) is 7.34. The maximum atomic E-state index is 12.2.